The van der Waals surface area contributed by atoms with Gasteiger partial charge in [-0.2, -0.15) is 14.6 Å². The highest BCUT2D eigenvalue weighted by molar-refractivity contribution is 5.81. The predicted molar refractivity (Wildman–Crippen MR) is 94.0 cm³/mol. The van der Waals surface area contributed by atoms with Gasteiger partial charge in [-0.3, -0.25) is 4.79 Å². The molecule has 25 heavy (non-hydrogen) atoms. The highest BCUT2D eigenvalue weighted by atomic mass is 16.5. The van der Waals surface area contributed by atoms with Crippen molar-refractivity contribution in [3.8, 4) is 5.75 Å². The largest absolute Gasteiger partial charge is 0.497 e. The molecule has 4 rings (SSSR count). The third-order valence-corrected chi connectivity index (χ3v) is 4.33. The summed E-state index contributed by atoms with van der Waals surface area (Å²) >= 11 is 0. The Labute approximate surface area is 143 Å². The molecule has 0 amide bonds. The summed E-state index contributed by atoms with van der Waals surface area (Å²) in [7, 11) is 1.64. The van der Waals surface area contributed by atoms with Gasteiger partial charge in [0.2, 0.25) is 0 Å². The fourth-order valence-corrected chi connectivity index (χ4v) is 2.99. The molecule has 0 N–H and O–H groups in total. The van der Waals surface area contributed by atoms with Gasteiger partial charge in [0.05, 0.1) is 23.7 Å². The molecule has 0 spiro atoms. The monoisotopic (exact) mass is 335 g/mol. The first-order valence-corrected chi connectivity index (χ1v) is 8.00. The normalized spacial score (nSPS) is 11.3. The molecule has 3 heterocycles. The Bertz CT molecular complexity index is 1110. The number of methoxy groups -OCH3 is 1. The van der Waals surface area contributed by atoms with Crippen LogP contribution in [0.1, 0.15) is 11.3 Å². The first kappa shape index (κ1) is 15.3. The highest BCUT2D eigenvalue weighted by Crippen LogP contribution is 2.15. The zero-order chi connectivity index (χ0) is 17.4. The fraction of sp³-hybridized carbons (Fsp3) is 0.222. The van der Waals surface area contributed by atoms with Crippen LogP contribution in [0.4, 0.5) is 0 Å². The highest BCUT2D eigenvalue weighted by Gasteiger charge is 2.12. The molecule has 4 aromatic rings. The number of nitrogens with zero attached hydrogens (tertiary/aromatic N) is 5. The lowest BCUT2D eigenvalue weighted by atomic mass is 10.1. The molecular formula is C18H17N5O2. The van der Waals surface area contributed by atoms with E-state index >= 15 is 0 Å². The zero-order valence-corrected chi connectivity index (χ0v) is 14.0. The van der Waals surface area contributed by atoms with Crippen LogP contribution in [0.15, 0.2) is 47.7 Å². The maximum atomic E-state index is 12.9. The van der Waals surface area contributed by atoms with Gasteiger partial charge in [-0.1, -0.05) is 12.1 Å². The van der Waals surface area contributed by atoms with E-state index in [0.29, 0.717) is 23.4 Å². The van der Waals surface area contributed by atoms with Crippen molar-refractivity contribution in [2.24, 2.45) is 0 Å². The molecule has 7 heteroatoms. The van der Waals surface area contributed by atoms with Gasteiger partial charge in [0.25, 0.3) is 11.3 Å². The van der Waals surface area contributed by atoms with Crippen LogP contribution in [0, 0.1) is 6.92 Å². The number of fused-ring (bicyclic) bond motifs is 3. The molecule has 0 aliphatic heterocycles. The lowest BCUT2D eigenvalue weighted by molar-refractivity contribution is 0.414. The van der Waals surface area contributed by atoms with E-state index in [2.05, 4.69) is 15.1 Å². The van der Waals surface area contributed by atoms with Gasteiger partial charge in [-0.25, -0.2) is 4.98 Å². The summed E-state index contributed by atoms with van der Waals surface area (Å²) in [4.78, 5) is 21.3. The number of benzene rings is 1. The van der Waals surface area contributed by atoms with Crippen molar-refractivity contribution in [3.63, 3.8) is 0 Å². The van der Waals surface area contributed by atoms with Crippen molar-refractivity contribution in [2.45, 2.75) is 19.9 Å². The van der Waals surface area contributed by atoms with Crippen molar-refractivity contribution in [1.29, 1.82) is 0 Å². The predicted octanol–water partition coefficient (Wildman–Crippen LogP) is 2.00. The minimum absolute atomic E-state index is 0.0617. The van der Waals surface area contributed by atoms with E-state index in [1.54, 1.807) is 22.4 Å². The van der Waals surface area contributed by atoms with E-state index < -0.39 is 0 Å². The molecule has 0 saturated carbocycles. The lowest BCUT2D eigenvalue weighted by Gasteiger charge is -2.09. The van der Waals surface area contributed by atoms with Crippen LogP contribution in [0.5, 0.6) is 5.75 Å². The van der Waals surface area contributed by atoms with Crippen molar-refractivity contribution in [3.05, 3.63) is 64.5 Å². The molecule has 0 atom stereocenters. The number of pyridine rings is 1. The van der Waals surface area contributed by atoms with Crippen molar-refractivity contribution < 1.29 is 4.74 Å². The molecule has 7 nitrogen and oxygen atoms in total. The number of hydrogen-bond acceptors (Lipinski definition) is 5. The first-order chi connectivity index (χ1) is 12.2. The van der Waals surface area contributed by atoms with Crippen LogP contribution in [0.25, 0.3) is 16.7 Å². The van der Waals surface area contributed by atoms with Crippen LogP contribution < -0.4 is 10.3 Å². The third-order valence-electron chi connectivity index (χ3n) is 4.33. The molecule has 0 bridgehead atoms. The molecule has 0 unspecified atom stereocenters. The summed E-state index contributed by atoms with van der Waals surface area (Å²) in [6, 6.07) is 9.76. The molecule has 0 aliphatic carbocycles. The van der Waals surface area contributed by atoms with Crippen LogP contribution in [-0.4, -0.2) is 31.3 Å². The van der Waals surface area contributed by atoms with E-state index in [4.69, 9.17) is 4.74 Å². The summed E-state index contributed by atoms with van der Waals surface area (Å²) in [5, 5.41) is 4.73. The van der Waals surface area contributed by atoms with E-state index in [-0.39, 0.29) is 5.56 Å². The number of aromatic nitrogens is 5. The summed E-state index contributed by atoms with van der Waals surface area (Å²) in [6.07, 6.45) is 4.00. The first-order valence-electron chi connectivity index (χ1n) is 8.00. The molecular weight excluding hydrogens is 318 g/mol. The van der Waals surface area contributed by atoms with Crippen LogP contribution in [0.3, 0.4) is 0 Å². The van der Waals surface area contributed by atoms with Crippen LogP contribution in [0.2, 0.25) is 0 Å². The zero-order valence-electron chi connectivity index (χ0n) is 14.0. The van der Waals surface area contributed by atoms with Gasteiger partial charge < -0.3 is 9.30 Å². The van der Waals surface area contributed by atoms with Gasteiger partial charge in [0.15, 0.2) is 0 Å². The number of aryl methyl sites for hydroxylation is 3. The number of rotatable bonds is 4. The average molecular weight is 335 g/mol. The smallest absolute Gasteiger partial charge is 0.261 e. The van der Waals surface area contributed by atoms with Crippen LogP contribution >= 0.6 is 0 Å². The Morgan fingerprint density at radius 3 is 2.72 bits per heavy atom. The van der Waals surface area contributed by atoms with Gasteiger partial charge in [0.1, 0.15) is 12.1 Å². The Hall–Kier alpha value is -3.22. The SMILES string of the molecule is COc1ccc(CCn2ccc3c(c(C)nc4ncnn43)c2=O)cc1. The molecule has 0 radical (unpaired) electrons. The van der Waals surface area contributed by atoms with Gasteiger partial charge in [-0.15, -0.1) is 0 Å². The van der Waals surface area contributed by atoms with Gasteiger partial charge >= 0.3 is 0 Å². The minimum atomic E-state index is -0.0617. The Morgan fingerprint density at radius 1 is 1.16 bits per heavy atom. The van der Waals surface area contributed by atoms with E-state index in [1.165, 1.54) is 6.33 Å². The van der Waals surface area contributed by atoms with Crippen molar-refractivity contribution in [1.82, 2.24) is 24.1 Å². The lowest BCUT2D eigenvalue weighted by Crippen LogP contribution is -2.22. The molecule has 1 aromatic carbocycles. The number of hydrogen-bond donors (Lipinski definition) is 0. The Kier molecular flexibility index (Phi) is 3.68. The maximum Gasteiger partial charge on any atom is 0.261 e. The molecule has 0 aliphatic rings. The van der Waals surface area contributed by atoms with Gasteiger partial charge in [-0.05, 0) is 37.1 Å². The maximum absolute atomic E-state index is 12.9. The van der Waals surface area contributed by atoms with Gasteiger partial charge in [0, 0.05) is 12.7 Å². The second-order valence-electron chi connectivity index (χ2n) is 5.84. The summed E-state index contributed by atoms with van der Waals surface area (Å²) in [5.74, 6) is 1.32. The van der Waals surface area contributed by atoms with E-state index in [9.17, 15) is 4.79 Å². The van der Waals surface area contributed by atoms with E-state index in [1.807, 2.05) is 37.3 Å². The number of ether oxygens (including phenoxy) is 1. The second-order valence-corrected chi connectivity index (χ2v) is 5.84. The summed E-state index contributed by atoms with van der Waals surface area (Å²) < 4.78 is 8.47. The molecule has 0 saturated heterocycles. The molecule has 126 valence electrons. The van der Waals surface area contributed by atoms with E-state index in [0.717, 1.165) is 23.3 Å². The minimum Gasteiger partial charge on any atom is -0.497 e. The summed E-state index contributed by atoms with van der Waals surface area (Å²) in [5.41, 5.74) is 2.48. The van der Waals surface area contributed by atoms with Crippen molar-refractivity contribution in [2.75, 3.05) is 7.11 Å². The Balaban J connectivity index is 1.70. The fourth-order valence-electron chi connectivity index (χ4n) is 2.99. The second kappa shape index (κ2) is 6.01. The molecule has 0 fully saturated rings. The van der Waals surface area contributed by atoms with Crippen molar-refractivity contribution >= 4 is 16.7 Å². The topological polar surface area (TPSA) is 74.3 Å². The summed E-state index contributed by atoms with van der Waals surface area (Å²) in [6.45, 7) is 2.42. The van der Waals surface area contributed by atoms with Crippen LogP contribution in [-0.2, 0) is 13.0 Å². The average Bonchev–Trinajstić information content (AvgIpc) is 3.09. The molecule has 3 aromatic heterocycles. The quantitative estimate of drug-likeness (QED) is 0.570. The Morgan fingerprint density at radius 2 is 1.96 bits per heavy atom. The standard InChI is InChI=1S/C18H17N5O2/c1-12-16-15(23-18(21-12)19-11-20-23)8-10-22(17(16)24)9-7-13-3-5-14(25-2)6-4-13/h3-6,8,10-11H,7,9H2,1-2H3. The third kappa shape index (κ3) is 2.63.